The molecule has 2 amide bonds. The first-order valence-electron chi connectivity index (χ1n) is 11.1. The normalized spacial score (nSPS) is 10.7. The summed E-state index contributed by atoms with van der Waals surface area (Å²) in [6.07, 6.45) is 1.37. The predicted molar refractivity (Wildman–Crippen MR) is 135 cm³/mol. The lowest BCUT2D eigenvalue weighted by molar-refractivity contribution is -0.136. The van der Waals surface area contributed by atoms with Crippen LogP contribution in [0, 0.1) is 5.82 Å². The molecule has 0 heterocycles. The molecule has 3 aromatic carbocycles. The zero-order valence-corrected chi connectivity index (χ0v) is 20.5. The highest BCUT2D eigenvalue weighted by atomic mass is 35.5. The molecule has 188 valence electrons. The van der Waals surface area contributed by atoms with Crippen LogP contribution in [0.5, 0.6) is 17.2 Å². The molecule has 0 aliphatic carbocycles. The van der Waals surface area contributed by atoms with Crippen LogP contribution in [-0.4, -0.2) is 31.2 Å². The van der Waals surface area contributed by atoms with Crippen LogP contribution in [0.4, 0.5) is 10.1 Å². The van der Waals surface area contributed by atoms with Gasteiger partial charge in [-0.2, -0.15) is 5.10 Å². The summed E-state index contributed by atoms with van der Waals surface area (Å²) >= 11 is 6.05. The maximum atomic E-state index is 13.2. The van der Waals surface area contributed by atoms with Gasteiger partial charge in [-0.1, -0.05) is 17.7 Å². The minimum absolute atomic E-state index is 0.117. The van der Waals surface area contributed by atoms with Gasteiger partial charge < -0.3 is 19.5 Å². The summed E-state index contributed by atoms with van der Waals surface area (Å²) < 4.78 is 30.0. The van der Waals surface area contributed by atoms with Crippen LogP contribution >= 0.6 is 11.6 Å². The number of amides is 2. The van der Waals surface area contributed by atoms with E-state index in [1.807, 2.05) is 13.8 Å². The third-order valence-electron chi connectivity index (χ3n) is 4.68. The van der Waals surface area contributed by atoms with Crippen molar-refractivity contribution in [2.75, 3.05) is 18.5 Å². The SMILES string of the molecule is CCOc1ccc(NC(=O)C(=O)N/N=C/c2ccc(OCc3ccc(F)cc3Cl)c(OCC)c2)cc1. The Balaban J connectivity index is 1.58. The predicted octanol–water partition coefficient (Wildman–Crippen LogP) is 4.94. The Kier molecular flexibility index (Phi) is 9.64. The molecule has 0 aliphatic rings. The van der Waals surface area contributed by atoms with Crippen LogP contribution in [0.2, 0.25) is 5.02 Å². The smallest absolute Gasteiger partial charge is 0.329 e. The average Bonchev–Trinajstić information content (AvgIpc) is 2.86. The fraction of sp³-hybridized carbons (Fsp3) is 0.192. The number of nitrogens with one attached hydrogen (secondary N) is 2. The Hall–Kier alpha value is -4.11. The number of nitrogens with zero attached hydrogens (tertiary/aromatic N) is 1. The molecule has 0 spiro atoms. The van der Waals surface area contributed by atoms with Gasteiger partial charge in [0, 0.05) is 11.3 Å². The Morgan fingerprint density at radius 2 is 1.67 bits per heavy atom. The second-order valence-electron chi connectivity index (χ2n) is 7.27. The van der Waals surface area contributed by atoms with Gasteiger partial charge in [0.05, 0.1) is 24.5 Å². The maximum Gasteiger partial charge on any atom is 0.329 e. The van der Waals surface area contributed by atoms with Crippen molar-refractivity contribution >= 4 is 35.3 Å². The van der Waals surface area contributed by atoms with Crippen LogP contribution in [-0.2, 0) is 16.2 Å². The lowest BCUT2D eigenvalue weighted by Crippen LogP contribution is -2.32. The van der Waals surface area contributed by atoms with Crippen LogP contribution in [0.25, 0.3) is 0 Å². The zero-order valence-electron chi connectivity index (χ0n) is 19.7. The van der Waals surface area contributed by atoms with Gasteiger partial charge in [0.1, 0.15) is 18.2 Å². The zero-order chi connectivity index (χ0) is 25.9. The van der Waals surface area contributed by atoms with Crippen molar-refractivity contribution in [2.24, 2.45) is 5.10 Å². The summed E-state index contributed by atoms with van der Waals surface area (Å²) in [5, 5.41) is 6.58. The van der Waals surface area contributed by atoms with Gasteiger partial charge in [-0.3, -0.25) is 9.59 Å². The molecular formula is C26H25ClFN3O5. The first-order valence-corrected chi connectivity index (χ1v) is 11.5. The van der Waals surface area contributed by atoms with Crippen molar-refractivity contribution in [1.29, 1.82) is 0 Å². The molecule has 36 heavy (non-hydrogen) atoms. The Morgan fingerprint density at radius 3 is 2.36 bits per heavy atom. The van der Waals surface area contributed by atoms with Crippen LogP contribution in [0.15, 0.2) is 65.8 Å². The molecule has 0 unspecified atom stereocenters. The van der Waals surface area contributed by atoms with Gasteiger partial charge in [-0.25, -0.2) is 9.82 Å². The van der Waals surface area contributed by atoms with E-state index in [1.54, 1.807) is 48.5 Å². The minimum Gasteiger partial charge on any atom is -0.494 e. The number of carbonyl (C=O) groups is 2. The number of ether oxygens (including phenoxy) is 3. The molecule has 0 fully saturated rings. The first kappa shape index (κ1) is 26.5. The molecule has 3 rings (SSSR count). The number of benzene rings is 3. The second-order valence-corrected chi connectivity index (χ2v) is 7.68. The number of hydrazone groups is 1. The summed E-state index contributed by atoms with van der Waals surface area (Å²) in [7, 11) is 0. The van der Waals surface area contributed by atoms with Gasteiger partial charge in [0.2, 0.25) is 0 Å². The molecule has 10 heteroatoms. The molecule has 8 nitrogen and oxygen atoms in total. The highest BCUT2D eigenvalue weighted by Gasteiger charge is 2.13. The summed E-state index contributed by atoms with van der Waals surface area (Å²) in [6, 6.07) is 15.7. The molecule has 2 N–H and O–H groups in total. The molecule has 0 atom stereocenters. The third kappa shape index (κ3) is 7.71. The first-order chi connectivity index (χ1) is 17.4. The van der Waals surface area contributed by atoms with Gasteiger partial charge in [-0.05, 0) is 74.0 Å². The summed E-state index contributed by atoms with van der Waals surface area (Å²) in [5.41, 5.74) is 3.85. The van der Waals surface area contributed by atoms with Crippen LogP contribution in [0.3, 0.4) is 0 Å². The minimum atomic E-state index is -0.929. The van der Waals surface area contributed by atoms with Crippen LogP contribution in [0.1, 0.15) is 25.0 Å². The van der Waals surface area contributed by atoms with E-state index in [0.717, 1.165) is 0 Å². The van der Waals surface area contributed by atoms with Crippen molar-refractivity contribution in [3.63, 3.8) is 0 Å². The molecule has 0 aromatic heterocycles. The van der Waals surface area contributed by atoms with E-state index in [1.165, 1.54) is 18.3 Å². The highest BCUT2D eigenvalue weighted by molar-refractivity contribution is 6.39. The molecule has 3 aromatic rings. The summed E-state index contributed by atoms with van der Waals surface area (Å²) in [5.74, 6) is -0.669. The third-order valence-corrected chi connectivity index (χ3v) is 5.03. The van der Waals surface area contributed by atoms with Gasteiger partial charge in [0.15, 0.2) is 11.5 Å². The molecule has 0 aliphatic heterocycles. The lowest BCUT2D eigenvalue weighted by atomic mass is 10.2. The highest BCUT2D eigenvalue weighted by Crippen LogP contribution is 2.30. The summed E-state index contributed by atoms with van der Waals surface area (Å²) in [4.78, 5) is 24.1. The molecule has 0 saturated heterocycles. The number of carbonyl (C=O) groups excluding carboxylic acids is 2. The number of hydrogen-bond donors (Lipinski definition) is 2. The average molecular weight is 514 g/mol. The number of halogens is 2. The van der Waals surface area contributed by atoms with E-state index < -0.39 is 17.6 Å². The van der Waals surface area contributed by atoms with Crippen molar-refractivity contribution in [3.8, 4) is 17.2 Å². The molecular weight excluding hydrogens is 489 g/mol. The van der Waals surface area contributed by atoms with Crippen molar-refractivity contribution in [3.05, 3.63) is 82.6 Å². The number of anilines is 1. The molecule has 0 saturated carbocycles. The summed E-state index contributed by atoms with van der Waals surface area (Å²) in [6.45, 7) is 4.72. The monoisotopic (exact) mass is 513 g/mol. The second kappa shape index (κ2) is 13.1. The Bertz CT molecular complexity index is 1230. The van der Waals surface area contributed by atoms with Crippen molar-refractivity contribution in [1.82, 2.24) is 5.43 Å². The Morgan fingerprint density at radius 1 is 0.917 bits per heavy atom. The lowest BCUT2D eigenvalue weighted by Gasteiger charge is -2.13. The Labute approximate surface area is 213 Å². The van der Waals surface area contributed by atoms with E-state index in [-0.39, 0.29) is 11.6 Å². The van der Waals surface area contributed by atoms with Gasteiger partial charge >= 0.3 is 11.8 Å². The molecule has 0 bridgehead atoms. The van der Waals surface area contributed by atoms with E-state index in [0.29, 0.717) is 47.3 Å². The number of hydrogen-bond acceptors (Lipinski definition) is 6. The standard InChI is InChI=1S/C26H25ClFN3O5/c1-3-34-21-10-8-20(9-11-21)30-25(32)26(33)31-29-15-17-5-12-23(24(13-17)35-4-2)36-16-18-6-7-19(28)14-22(18)27/h5-15H,3-4,16H2,1-2H3,(H,30,32)(H,31,33)/b29-15+. The van der Waals surface area contributed by atoms with E-state index >= 15 is 0 Å². The van der Waals surface area contributed by atoms with E-state index in [2.05, 4.69) is 15.8 Å². The maximum absolute atomic E-state index is 13.2. The van der Waals surface area contributed by atoms with Gasteiger partial charge in [-0.15, -0.1) is 0 Å². The fourth-order valence-corrected chi connectivity index (χ4v) is 3.21. The van der Waals surface area contributed by atoms with E-state index in [4.69, 9.17) is 25.8 Å². The van der Waals surface area contributed by atoms with Crippen molar-refractivity contribution < 1.29 is 28.2 Å². The fourth-order valence-electron chi connectivity index (χ4n) is 2.99. The quantitative estimate of drug-likeness (QED) is 0.227. The van der Waals surface area contributed by atoms with E-state index in [9.17, 15) is 14.0 Å². The molecule has 0 radical (unpaired) electrons. The van der Waals surface area contributed by atoms with Crippen LogP contribution < -0.4 is 25.0 Å². The topological polar surface area (TPSA) is 98.2 Å². The largest absolute Gasteiger partial charge is 0.494 e. The number of rotatable bonds is 10. The van der Waals surface area contributed by atoms with Crippen molar-refractivity contribution in [2.45, 2.75) is 20.5 Å². The van der Waals surface area contributed by atoms with Gasteiger partial charge in [0.25, 0.3) is 0 Å².